The minimum absolute atomic E-state index is 0.196. The summed E-state index contributed by atoms with van der Waals surface area (Å²) in [5, 5.41) is 45.0. The Balaban J connectivity index is 1.89. The maximum atomic E-state index is 10.2. The molecule has 2 heterocycles. The number of rotatable bonds is 6. The van der Waals surface area contributed by atoms with Crippen LogP contribution in [0, 0.1) is 0 Å². The number of hydrogen-bond acceptors (Lipinski definition) is 8. The van der Waals surface area contributed by atoms with Crippen molar-refractivity contribution in [2.24, 2.45) is 4.99 Å². The summed E-state index contributed by atoms with van der Waals surface area (Å²) in [6.45, 7) is 2.70. The largest absolute Gasteiger partial charge is 0.394 e. The van der Waals surface area contributed by atoms with Crippen LogP contribution >= 0.6 is 11.8 Å². The van der Waals surface area contributed by atoms with Crippen molar-refractivity contribution in [2.45, 2.75) is 42.8 Å². The highest BCUT2D eigenvalue weighted by atomic mass is 32.2. The molecule has 0 aromatic rings. The highest BCUT2D eigenvalue weighted by molar-refractivity contribution is 8.14. The molecule has 6 N–H and O–H groups in total. The predicted molar refractivity (Wildman–Crippen MR) is 79.1 cm³/mol. The second kappa shape index (κ2) is 7.73. The summed E-state index contributed by atoms with van der Waals surface area (Å²) in [5.41, 5.74) is -0.303. The Bertz CT molecular complexity index is 373. The summed E-state index contributed by atoms with van der Waals surface area (Å²) in [6, 6.07) is -0.380. The van der Waals surface area contributed by atoms with Crippen LogP contribution in [0.5, 0.6) is 0 Å². The molecule has 0 amide bonds. The summed E-state index contributed by atoms with van der Waals surface area (Å²) in [5.74, 6) is 0. The summed E-state index contributed by atoms with van der Waals surface area (Å²) in [4.78, 5) is 4.25. The average Bonchev–Trinajstić information content (AvgIpc) is 2.87. The zero-order valence-corrected chi connectivity index (χ0v) is 12.7. The van der Waals surface area contributed by atoms with E-state index in [0.717, 1.165) is 0 Å². The van der Waals surface area contributed by atoms with Gasteiger partial charge >= 0.3 is 0 Å². The Morgan fingerprint density at radius 3 is 2.86 bits per heavy atom. The standard InChI is InChI=1S/C12H23N3O5S/c1-2-14-12-15-8-10(19)9(18)7(20-11(8)21-12)4-13-3-6(17)5-16/h6-11,13,16-19H,2-5H2,1H3,(H,14,15)/t6?,7?,8-,9-,10?,11-/m1/s1. The van der Waals surface area contributed by atoms with Crippen molar-refractivity contribution in [1.29, 1.82) is 0 Å². The van der Waals surface area contributed by atoms with Gasteiger partial charge in [0.15, 0.2) is 5.17 Å². The summed E-state index contributed by atoms with van der Waals surface area (Å²) < 4.78 is 5.79. The van der Waals surface area contributed by atoms with E-state index in [2.05, 4.69) is 15.6 Å². The van der Waals surface area contributed by atoms with E-state index in [1.54, 1.807) is 0 Å². The Kier molecular flexibility index (Phi) is 6.23. The molecule has 2 rings (SSSR count). The normalized spacial score (nSPS) is 39.1. The quantitative estimate of drug-likeness (QED) is 0.316. The van der Waals surface area contributed by atoms with E-state index in [0.29, 0.717) is 11.7 Å². The number of nitrogens with one attached hydrogen (secondary N) is 2. The molecule has 0 radical (unpaired) electrons. The third-order valence-corrected chi connectivity index (χ3v) is 4.56. The van der Waals surface area contributed by atoms with Crippen molar-refractivity contribution >= 4 is 16.9 Å². The first kappa shape index (κ1) is 16.9. The van der Waals surface area contributed by atoms with Crippen molar-refractivity contribution in [3.63, 3.8) is 0 Å². The fraction of sp³-hybridized carbons (Fsp3) is 0.917. The van der Waals surface area contributed by atoms with Crippen LogP contribution in [0.1, 0.15) is 6.92 Å². The van der Waals surface area contributed by atoms with E-state index in [1.807, 2.05) is 6.92 Å². The molecule has 0 bridgehead atoms. The van der Waals surface area contributed by atoms with Gasteiger partial charge in [0, 0.05) is 19.6 Å². The van der Waals surface area contributed by atoms with Crippen LogP contribution in [0.4, 0.5) is 0 Å². The van der Waals surface area contributed by atoms with Crippen LogP contribution in [0.3, 0.4) is 0 Å². The molecule has 2 saturated heterocycles. The smallest absolute Gasteiger partial charge is 0.159 e. The number of amidine groups is 1. The molecule has 2 fully saturated rings. The van der Waals surface area contributed by atoms with Crippen molar-refractivity contribution < 1.29 is 25.2 Å². The van der Waals surface area contributed by atoms with E-state index in [-0.39, 0.29) is 31.2 Å². The molecule has 3 unspecified atom stereocenters. The van der Waals surface area contributed by atoms with Gasteiger partial charge in [-0.15, -0.1) is 0 Å². The molecule has 8 nitrogen and oxygen atoms in total. The van der Waals surface area contributed by atoms with Gasteiger partial charge in [0.05, 0.1) is 18.8 Å². The van der Waals surface area contributed by atoms with Crippen molar-refractivity contribution in [2.75, 3.05) is 26.2 Å². The SMILES string of the molecule is CCN=C1N[C@@H]2C(O)[C@H](O)C(CNCC(O)CO)O[C@@H]2S1. The van der Waals surface area contributed by atoms with Crippen molar-refractivity contribution in [3.8, 4) is 0 Å². The molecule has 9 heteroatoms. The minimum atomic E-state index is -1.03. The third kappa shape index (κ3) is 4.07. The van der Waals surface area contributed by atoms with Crippen molar-refractivity contribution in [1.82, 2.24) is 10.6 Å². The first-order valence-corrected chi connectivity index (χ1v) is 7.93. The number of aliphatic hydroxyl groups is 4. The summed E-state index contributed by atoms with van der Waals surface area (Å²) in [6.07, 6.45) is -3.41. The Hall–Kier alpha value is -0.420. The maximum Gasteiger partial charge on any atom is 0.159 e. The van der Waals surface area contributed by atoms with Gasteiger partial charge < -0.3 is 35.8 Å². The fourth-order valence-electron chi connectivity index (χ4n) is 2.32. The molecule has 2 aliphatic rings. The number of nitrogens with zero attached hydrogens (tertiary/aromatic N) is 1. The second-order valence-electron chi connectivity index (χ2n) is 5.09. The van der Waals surface area contributed by atoms with E-state index in [9.17, 15) is 15.3 Å². The minimum Gasteiger partial charge on any atom is -0.394 e. The highest BCUT2D eigenvalue weighted by Gasteiger charge is 2.48. The molecule has 2 aliphatic heterocycles. The number of aliphatic imine (C=N–C) groups is 1. The second-order valence-corrected chi connectivity index (χ2v) is 6.17. The topological polar surface area (TPSA) is 127 Å². The zero-order valence-electron chi connectivity index (χ0n) is 11.8. The first-order chi connectivity index (χ1) is 10.1. The number of hydrogen-bond donors (Lipinski definition) is 6. The van der Waals surface area contributed by atoms with Gasteiger partial charge in [-0.1, -0.05) is 11.8 Å². The lowest BCUT2D eigenvalue weighted by atomic mass is 9.98. The fourth-order valence-corrected chi connectivity index (χ4v) is 3.53. The van der Waals surface area contributed by atoms with Gasteiger partial charge in [0.1, 0.15) is 23.7 Å². The Labute approximate surface area is 127 Å². The van der Waals surface area contributed by atoms with E-state index < -0.39 is 24.4 Å². The predicted octanol–water partition coefficient (Wildman–Crippen LogP) is -2.54. The zero-order chi connectivity index (χ0) is 15.4. The van der Waals surface area contributed by atoms with E-state index in [1.165, 1.54) is 11.8 Å². The molecule has 122 valence electrons. The highest BCUT2D eigenvalue weighted by Crippen LogP contribution is 2.33. The maximum absolute atomic E-state index is 10.2. The van der Waals surface area contributed by atoms with Crippen LogP contribution in [-0.2, 0) is 4.74 Å². The Morgan fingerprint density at radius 2 is 2.19 bits per heavy atom. The van der Waals surface area contributed by atoms with Crippen molar-refractivity contribution in [3.05, 3.63) is 0 Å². The van der Waals surface area contributed by atoms with Crippen LogP contribution in [0.2, 0.25) is 0 Å². The molecule has 6 atom stereocenters. The average molecular weight is 321 g/mol. The summed E-state index contributed by atoms with van der Waals surface area (Å²) >= 11 is 1.40. The van der Waals surface area contributed by atoms with Crippen LogP contribution in [0.15, 0.2) is 4.99 Å². The molecule has 0 spiro atoms. The van der Waals surface area contributed by atoms with Crippen LogP contribution in [-0.4, -0.2) is 87.7 Å². The monoisotopic (exact) mass is 321 g/mol. The lowest BCUT2D eigenvalue weighted by molar-refractivity contribution is -0.154. The van der Waals surface area contributed by atoms with Gasteiger partial charge in [-0.25, -0.2) is 0 Å². The van der Waals surface area contributed by atoms with E-state index in [4.69, 9.17) is 9.84 Å². The Morgan fingerprint density at radius 1 is 1.43 bits per heavy atom. The van der Waals surface area contributed by atoms with Gasteiger partial charge in [0.2, 0.25) is 0 Å². The first-order valence-electron chi connectivity index (χ1n) is 7.05. The number of thioether (sulfide) groups is 1. The molecular weight excluding hydrogens is 298 g/mol. The van der Waals surface area contributed by atoms with Crippen LogP contribution < -0.4 is 10.6 Å². The lowest BCUT2D eigenvalue weighted by Crippen LogP contribution is -2.61. The molecule has 0 aromatic heterocycles. The van der Waals surface area contributed by atoms with Gasteiger partial charge in [-0.2, -0.15) is 0 Å². The summed E-state index contributed by atoms with van der Waals surface area (Å²) in [7, 11) is 0. The van der Waals surface area contributed by atoms with Crippen LogP contribution in [0.25, 0.3) is 0 Å². The number of aliphatic hydroxyl groups excluding tert-OH is 4. The molecule has 21 heavy (non-hydrogen) atoms. The molecular formula is C12H23N3O5S. The van der Waals surface area contributed by atoms with Gasteiger partial charge in [0.25, 0.3) is 0 Å². The molecule has 0 aliphatic carbocycles. The van der Waals surface area contributed by atoms with E-state index >= 15 is 0 Å². The van der Waals surface area contributed by atoms with Gasteiger partial charge in [-0.05, 0) is 6.92 Å². The van der Waals surface area contributed by atoms with Gasteiger partial charge in [-0.3, -0.25) is 4.99 Å². The molecule has 0 aromatic carbocycles. The lowest BCUT2D eigenvalue weighted by Gasteiger charge is -2.39. The third-order valence-electron chi connectivity index (χ3n) is 3.46. The molecule has 0 saturated carbocycles. The number of fused-ring (bicyclic) bond motifs is 1. The number of ether oxygens (including phenoxy) is 1.